The zero-order valence-electron chi connectivity index (χ0n) is 12.6. The van der Waals surface area contributed by atoms with E-state index in [2.05, 4.69) is 25.5 Å². The van der Waals surface area contributed by atoms with Crippen molar-refractivity contribution in [3.8, 4) is 5.75 Å². The van der Waals surface area contributed by atoms with Gasteiger partial charge >= 0.3 is 0 Å². The molecule has 23 heavy (non-hydrogen) atoms. The van der Waals surface area contributed by atoms with E-state index >= 15 is 0 Å². The van der Waals surface area contributed by atoms with Crippen LogP contribution in [0.15, 0.2) is 46.1 Å². The quantitative estimate of drug-likeness (QED) is 0.590. The van der Waals surface area contributed by atoms with Gasteiger partial charge in [0.15, 0.2) is 0 Å². The number of hydrazone groups is 1. The third kappa shape index (κ3) is 3.18. The Morgan fingerprint density at radius 3 is 2.83 bits per heavy atom. The number of nitrogens with one attached hydrogen (secondary N) is 1. The van der Waals surface area contributed by atoms with Crippen molar-refractivity contribution in [3.63, 3.8) is 0 Å². The van der Waals surface area contributed by atoms with Gasteiger partial charge in [0.2, 0.25) is 0 Å². The zero-order valence-corrected chi connectivity index (χ0v) is 12.6. The highest BCUT2D eigenvalue weighted by atomic mass is 16.6. The van der Waals surface area contributed by atoms with E-state index in [4.69, 9.17) is 4.74 Å². The molecule has 1 amide bonds. The van der Waals surface area contributed by atoms with Crippen molar-refractivity contribution in [1.29, 1.82) is 0 Å². The maximum absolute atomic E-state index is 12.0. The molecule has 2 aromatic carbocycles. The number of carbonyl (C=O) groups excluding carboxylic acids is 1. The van der Waals surface area contributed by atoms with Crippen LogP contribution in [0.3, 0.4) is 0 Å². The number of aryl methyl sites for hydroxylation is 1. The van der Waals surface area contributed by atoms with Crippen molar-refractivity contribution in [1.82, 2.24) is 15.7 Å². The van der Waals surface area contributed by atoms with Crippen LogP contribution in [0.1, 0.15) is 21.5 Å². The van der Waals surface area contributed by atoms with E-state index < -0.39 is 0 Å². The first-order chi connectivity index (χ1) is 11.2. The van der Waals surface area contributed by atoms with Crippen LogP contribution in [0.5, 0.6) is 5.75 Å². The van der Waals surface area contributed by atoms with Crippen molar-refractivity contribution < 1.29 is 14.2 Å². The average molecular weight is 310 g/mol. The van der Waals surface area contributed by atoms with E-state index in [0.717, 1.165) is 16.9 Å². The number of rotatable bonds is 4. The Bertz CT molecular complexity index is 886. The average Bonchev–Trinajstić information content (AvgIpc) is 3.02. The minimum absolute atomic E-state index is 0.337. The normalized spacial score (nSPS) is 11.0. The van der Waals surface area contributed by atoms with Gasteiger partial charge in [-0.1, -0.05) is 0 Å². The minimum Gasteiger partial charge on any atom is -0.496 e. The van der Waals surface area contributed by atoms with Crippen LogP contribution >= 0.6 is 0 Å². The second kappa shape index (κ2) is 6.27. The third-order valence-electron chi connectivity index (χ3n) is 3.31. The van der Waals surface area contributed by atoms with E-state index in [1.54, 1.807) is 31.5 Å². The minimum atomic E-state index is -0.337. The molecule has 7 heteroatoms. The molecular formula is C16H14N4O3. The number of carbonyl (C=O) groups is 1. The highest BCUT2D eigenvalue weighted by Gasteiger charge is 2.08. The third-order valence-corrected chi connectivity index (χ3v) is 3.31. The number of aromatic nitrogens is 2. The molecule has 0 unspecified atom stereocenters. The number of benzene rings is 2. The Kier molecular flexibility index (Phi) is 4.01. The van der Waals surface area contributed by atoms with Gasteiger partial charge in [-0.25, -0.2) is 10.1 Å². The van der Waals surface area contributed by atoms with Crippen LogP contribution in [-0.2, 0) is 0 Å². The SMILES string of the molecule is COc1ccc(C=NNC(=O)c2ccc3nonc3c2)cc1C. The Balaban J connectivity index is 1.69. The summed E-state index contributed by atoms with van der Waals surface area (Å²) >= 11 is 0. The largest absolute Gasteiger partial charge is 0.496 e. The van der Waals surface area contributed by atoms with Crippen LogP contribution in [0.4, 0.5) is 0 Å². The lowest BCUT2D eigenvalue weighted by atomic mass is 10.1. The summed E-state index contributed by atoms with van der Waals surface area (Å²) < 4.78 is 9.79. The number of fused-ring (bicyclic) bond motifs is 1. The Morgan fingerprint density at radius 1 is 1.22 bits per heavy atom. The first kappa shape index (κ1) is 14.7. The van der Waals surface area contributed by atoms with Gasteiger partial charge in [-0.2, -0.15) is 5.10 Å². The molecule has 7 nitrogen and oxygen atoms in total. The molecule has 3 aromatic rings. The van der Waals surface area contributed by atoms with Gasteiger partial charge in [0.1, 0.15) is 16.8 Å². The molecule has 0 aliphatic rings. The lowest BCUT2D eigenvalue weighted by Crippen LogP contribution is -2.17. The summed E-state index contributed by atoms with van der Waals surface area (Å²) in [5, 5.41) is 11.3. The van der Waals surface area contributed by atoms with Crippen molar-refractivity contribution >= 4 is 23.2 Å². The molecule has 3 rings (SSSR count). The summed E-state index contributed by atoms with van der Waals surface area (Å²) in [6.45, 7) is 1.94. The van der Waals surface area contributed by atoms with Crippen LogP contribution in [0.2, 0.25) is 0 Å². The van der Waals surface area contributed by atoms with Crippen LogP contribution in [0, 0.1) is 6.92 Å². The van der Waals surface area contributed by atoms with Crippen LogP contribution in [0.25, 0.3) is 11.0 Å². The maximum atomic E-state index is 12.0. The topological polar surface area (TPSA) is 89.6 Å². The molecule has 1 aromatic heterocycles. The highest BCUT2D eigenvalue weighted by Crippen LogP contribution is 2.17. The van der Waals surface area contributed by atoms with Gasteiger partial charge < -0.3 is 4.74 Å². The molecule has 0 bridgehead atoms. The predicted octanol–water partition coefficient (Wildman–Crippen LogP) is 2.30. The van der Waals surface area contributed by atoms with Crippen molar-refractivity contribution in [3.05, 3.63) is 53.1 Å². The van der Waals surface area contributed by atoms with E-state index in [9.17, 15) is 4.79 Å². The number of hydrogen-bond donors (Lipinski definition) is 1. The Labute approximate surface area is 131 Å². The van der Waals surface area contributed by atoms with Crippen LogP contribution < -0.4 is 10.2 Å². The molecule has 0 atom stereocenters. The smallest absolute Gasteiger partial charge is 0.271 e. The molecule has 0 radical (unpaired) electrons. The van der Waals surface area contributed by atoms with Gasteiger partial charge in [-0.3, -0.25) is 4.79 Å². The Hall–Kier alpha value is -3.22. The van der Waals surface area contributed by atoms with Crippen molar-refractivity contribution in [2.75, 3.05) is 7.11 Å². The summed E-state index contributed by atoms with van der Waals surface area (Å²) in [6.07, 6.45) is 1.57. The van der Waals surface area contributed by atoms with E-state index in [1.807, 2.05) is 25.1 Å². The van der Waals surface area contributed by atoms with Crippen molar-refractivity contribution in [2.24, 2.45) is 5.10 Å². The summed E-state index contributed by atoms with van der Waals surface area (Å²) in [4.78, 5) is 12.0. The lowest BCUT2D eigenvalue weighted by molar-refractivity contribution is 0.0955. The molecule has 0 saturated carbocycles. The Morgan fingerprint density at radius 2 is 2.04 bits per heavy atom. The van der Waals surface area contributed by atoms with E-state index in [1.165, 1.54) is 0 Å². The summed E-state index contributed by atoms with van der Waals surface area (Å²) in [7, 11) is 1.62. The summed E-state index contributed by atoms with van der Waals surface area (Å²) in [5.74, 6) is 0.470. The zero-order chi connectivity index (χ0) is 16.2. The number of nitrogens with zero attached hydrogens (tertiary/aromatic N) is 3. The molecule has 1 heterocycles. The lowest BCUT2D eigenvalue weighted by Gasteiger charge is -2.04. The second-order valence-corrected chi connectivity index (χ2v) is 4.90. The fourth-order valence-corrected chi connectivity index (χ4v) is 2.14. The van der Waals surface area contributed by atoms with Gasteiger partial charge in [0.05, 0.1) is 13.3 Å². The van der Waals surface area contributed by atoms with Gasteiger partial charge in [0.25, 0.3) is 5.91 Å². The maximum Gasteiger partial charge on any atom is 0.271 e. The summed E-state index contributed by atoms with van der Waals surface area (Å²) in [5.41, 5.74) is 5.87. The molecule has 1 N–H and O–H groups in total. The van der Waals surface area contributed by atoms with Crippen LogP contribution in [-0.4, -0.2) is 29.5 Å². The molecule has 0 aliphatic heterocycles. The second-order valence-electron chi connectivity index (χ2n) is 4.90. The highest BCUT2D eigenvalue weighted by molar-refractivity contribution is 5.97. The van der Waals surface area contributed by atoms with E-state index in [-0.39, 0.29) is 5.91 Å². The molecule has 0 saturated heterocycles. The molecular weight excluding hydrogens is 296 g/mol. The molecule has 0 aliphatic carbocycles. The predicted molar refractivity (Wildman–Crippen MR) is 84.6 cm³/mol. The first-order valence-electron chi connectivity index (χ1n) is 6.88. The summed E-state index contributed by atoms with van der Waals surface area (Å²) in [6, 6.07) is 10.5. The monoisotopic (exact) mass is 310 g/mol. The number of hydrogen-bond acceptors (Lipinski definition) is 6. The van der Waals surface area contributed by atoms with Crippen molar-refractivity contribution in [2.45, 2.75) is 6.92 Å². The number of methoxy groups -OCH3 is 1. The van der Waals surface area contributed by atoms with E-state index in [0.29, 0.717) is 16.6 Å². The van der Waals surface area contributed by atoms with Gasteiger partial charge in [-0.15, -0.1) is 0 Å². The number of ether oxygens (including phenoxy) is 1. The molecule has 0 spiro atoms. The molecule has 116 valence electrons. The molecule has 0 fully saturated rings. The number of amides is 1. The fraction of sp³-hybridized carbons (Fsp3) is 0.125. The fourth-order valence-electron chi connectivity index (χ4n) is 2.14. The first-order valence-corrected chi connectivity index (χ1v) is 6.88. The standard InChI is InChI=1S/C16H14N4O3/c1-10-7-11(3-6-15(10)22-2)9-17-18-16(21)12-4-5-13-14(8-12)20-23-19-13/h3-9H,1-2H3,(H,18,21). The van der Waals surface area contributed by atoms with Gasteiger partial charge in [0, 0.05) is 5.56 Å². The van der Waals surface area contributed by atoms with Gasteiger partial charge in [-0.05, 0) is 64.8 Å².